The van der Waals surface area contributed by atoms with E-state index in [9.17, 15) is 26.0 Å². The van der Waals surface area contributed by atoms with E-state index in [4.69, 9.17) is 0 Å². The van der Waals surface area contributed by atoms with Gasteiger partial charge in [-0.3, -0.25) is 0 Å². The van der Waals surface area contributed by atoms with Gasteiger partial charge < -0.3 is 0 Å². The fraction of sp³-hybridized carbons (Fsp3) is 0.200. The van der Waals surface area contributed by atoms with Gasteiger partial charge in [0.2, 0.25) is 10.0 Å². The Bertz CT molecular complexity index is 837. The molecule has 0 N–H and O–H groups in total. The summed E-state index contributed by atoms with van der Waals surface area (Å²) in [6.07, 6.45) is -0.400. The summed E-state index contributed by atoms with van der Waals surface area (Å²) in [5, 5.41) is 0. The van der Waals surface area contributed by atoms with Crippen molar-refractivity contribution in [3.63, 3.8) is 0 Å². The molecule has 0 heterocycles. The minimum absolute atomic E-state index is 0.400. The monoisotopic (exact) mass is 347 g/mol. The van der Waals surface area contributed by atoms with Crippen molar-refractivity contribution < 1.29 is 26.0 Å². The maximum Gasteiger partial charge on any atom is 0.245 e. The van der Waals surface area contributed by atoms with Gasteiger partial charge in [0, 0.05) is 26.1 Å². The minimum atomic E-state index is -4.51. The highest BCUT2D eigenvalue weighted by Gasteiger charge is 2.33. The third kappa shape index (κ3) is 3.09. The van der Waals surface area contributed by atoms with Crippen molar-refractivity contribution in [1.29, 1.82) is 0 Å². The van der Waals surface area contributed by atoms with Gasteiger partial charge in [0.25, 0.3) is 0 Å². The summed E-state index contributed by atoms with van der Waals surface area (Å²) in [4.78, 5) is -1.19. The number of hydrogen-bond acceptors (Lipinski definition) is 2. The first kappa shape index (κ1) is 17.4. The van der Waals surface area contributed by atoms with Gasteiger partial charge in [0.15, 0.2) is 23.3 Å². The van der Waals surface area contributed by atoms with Crippen molar-refractivity contribution in [2.45, 2.75) is 11.3 Å². The van der Waals surface area contributed by atoms with E-state index in [2.05, 4.69) is 0 Å². The average Bonchev–Trinajstić information content (AvgIpc) is 2.51. The number of benzene rings is 2. The molecule has 124 valence electrons. The fourth-order valence-electron chi connectivity index (χ4n) is 2.07. The second kappa shape index (κ2) is 6.29. The Morgan fingerprint density at radius 1 is 0.870 bits per heavy atom. The predicted octanol–water partition coefficient (Wildman–Crippen LogP) is 3.08. The Labute approximate surface area is 131 Å². The lowest BCUT2D eigenvalue weighted by molar-refractivity contribution is 0.388. The highest BCUT2D eigenvalue weighted by Crippen LogP contribution is 2.31. The highest BCUT2D eigenvalue weighted by atomic mass is 32.2. The van der Waals surface area contributed by atoms with E-state index in [1.54, 1.807) is 18.2 Å². The fourth-order valence-corrected chi connectivity index (χ4v) is 3.22. The van der Waals surface area contributed by atoms with Gasteiger partial charge in [-0.05, 0) is 5.56 Å². The van der Waals surface area contributed by atoms with Crippen molar-refractivity contribution >= 4 is 10.0 Å². The van der Waals surface area contributed by atoms with Crippen LogP contribution in [-0.2, 0) is 16.4 Å². The maximum absolute atomic E-state index is 14.1. The lowest BCUT2D eigenvalue weighted by Crippen LogP contribution is -2.26. The molecule has 0 aliphatic heterocycles. The van der Waals surface area contributed by atoms with Crippen LogP contribution in [0.15, 0.2) is 35.2 Å². The van der Waals surface area contributed by atoms with E-state index in [1.165, 1.54) is 12.1 Å². The van der Waals surface area contributed by atoms with Crippen molar-refractivity contribution in [3.8, 4) is 0 Å². The lowest BCUT2D eigenvalue weighted by Gasteiger charge is -2.17. The topological polar surface area (TPSA) is 37.4 Å². The number of nitrogens with zero attached hydrogens (tertiary/aromatic N) is 1. The van der Waals surface area contributed by atoms with Crippen LogP contribution in [-0.4, -0.2) is 26.8 Å². The molecule has 23 heavy (non-hydrogen) atoms. The molecule has 0 unspecified atom stereocenters. The van der Waals surface area contributed by atoms with E-state index < -0.39 is 50.2 Å². The first-order valence-corrected chi connectivity index (χ1v) is 7.93. The Morgan fingerprint density at radius 2 is 1.39 bits per heavy atom. The third-order valence-corrected chi connectivity index (χ3v) is 5.18. The van der Waals surface area contributed by atoms with Crippen LogP contribution in [0.1, 0.15) is 11.1 Å². The molecule has 2 rings (SSSR count). The molecule has 8 heteroatoms. The van der Waals surface area contributed by atoms with Crippen LogP contribution in [0.25, 0.3) is 0 Å². The van der Waals surface area contributed by atoms with Gasteiger partial charge >= 0.3 is 0 Å². The molecule has 0 saturated carbocycles. The lowest BCUT2D eigenvalue weighted by atomic mass is 10.0. The first-order valence-electron chi connectivity index (χ1n) is 6.49. The van der Waals surface area contributed by atoms with Crippen molar-refractivity contribution in [2.24, 2.45) is 0 Å². The summed E-state index contributed by atoms with van der Waals surface area (Å²) in [6, 6.07) is 7.94. The molecule has 0 atom stereocenters. The second-order valence-electron chi connectivity index (χ2n) is 5.01. The zero-order valence-corrected chi connectivity index (χ0v) is 13.1. The van der Waals surface area contributed by atoms with Crippen LogP contribution in [0, 0.1) is 23.3 Å². The Hall–Kier alpha value is -1.93. The smallest absolute Gasteiger partial charge is 0.207 e. The second-order valence-corrected chi connectivity index (χ2v) is 7.10. The Balaban J connectivity index is 2.79. The molecule has 3 nitrogen and oxygen atoms in total. The van der Waals surface area contributed by atoms with E-state index in [-0.39, 0.29) is 0 Å². The van der Waals surface area contributed by atoms with Gasteiger partial charge in [-0.15, -0.1) is 0 Å². The minimum Gasteiger partial charge on any atom is -0.207 e. The van der Waals surface area contributed by atoms with Gasteiger partial charge in [-0.1, -0.05) is 30.3 Å². The van der Waals surface area contributed by atoms with E-state index in [0.29, 0.717) is 9.87 Å². The van der Waals surface area contributed by atoms with Crippen LogP contribution in [0.5, 0.6) is 0 Å². The maximum atomic E-state index is 14.1. The van der Waals surface area contributed by atoms with Gasteiger partial charge in [0.1, 0.15) is 4.90 Å². The predicted molar refractivity (Wildman–Crippen MR) is 76.4 cm³/mol. The molecule has 0 fully saturated rings. The molecular weight excluding hydrogens is 334 g/mol. The summed E-state index contributed by atoms with van der Waals surface area (Å²) in [5.74, 6) is -7.83. The summed E-state index contributed by atoms with van der Waals surface area (Å²) < 4.78 is 80.2. The number of sulfonamides is 1. The summed E-state index contributed by atoms with van der Waals surface area (Å²) >= 11 is 0. The standard InChI is InChI=1S/C15H13F4NO2S/c1-20(2)23(21,22)15-10(8-9-6-4-3-5-7-9)11(16)12(17)13(18)14(15)19/h3-7H,8H2,1-2H3. The molecule has 0 radical (unpaired) electrons. The molecule has 0 amide bonds. The Kier molecular flexibility index (Phi) is 4.76. The van der Waals surface area contributed by atoms with Gasteiger partial charge in [-0.2, -0.15) is 0 Å². The molecular formula is C15H13F4NO2S. The number of rotatable bonds is 4. The molecule has 2 aromatic rings. The number of halogens is 4. The molecule has 0 aliphatic carbocycles. The highest BCUT2D eigenvalue weighted by molar-refractivity contribution is 7.89. The van der Waals surface area contributed by atoms with Crippen molar-refractivity contribution in [3.05, 3.63) is 64.7 Å². The van der Waals surface area contributed by atoms with Crippen LogP contribution in [0.3, 0.4) is 0 Å². The largest absolute Gasteiger partial charge is 0.245 e. The van der Waals surface area contributed by atoms with Crippen LogP contribution >= 0.6 is 0 Å². The third-order valence-electron chi connectivity index (χ3n) is 3.28. The van der Waals surface area contributed by atoms with Crippen LogP contribution < -0.4 is 0 Å². The molecule has 0 aliphatic rings. The summed E-state index contributed by atoms with van der Waals surface area (Å²) in [5.41, 5.74) is -0.326. The molecule has 0 spiro atoms. The summed E-state index contributed by atoms with van der Waals surface area (Å²) in [6.45, 7) is 0. The van der Waals surface area contributed by atoms with Crippen molar-refractivity contribution in [2.75, 3.05) is 14.1 Å². The normalized spacial score (nSPS) is 12.0. The zero-order valence-electron chi connectivity index (χ0n) is 12.3. The number of hydrogen-bond donors (Lipinski definition) is 0. The quantitative estimate of drug-likeness (QED) is 0.484. The average molecular weight is 347 g/mol. The Morgan fingerprint density at radius 3 is 1.91 bits per heavy atom. The molecule has 0 saturated heterocycles. The van der Waals surface area contributed by atoms with E-state index >= 15 is 0 Å². The first-order chi connectivity index (χ1) is 10.7. The van der Waals surface area contributed by atoms with Crippen LogP contribution in [0.2, 0.25) is 0 Å². The molecule has 2 aromatic carbocycles. The van der Waals surface area contributed by atoms with E-state index in [1.807, 2.05) is 0 Å². The van der Waals surface area contributed by atoms with Crippen LogP contribution in [0.4, 0.5) is 17.6 Å². The molecule has 0 bridgehead atoms. The van der Waals surface area contributed by atoms with Crippen molar-refractivity contribution in [1.82, 2.24) is 4.31 Å². The zero-order chi connectivity index (χ0) is 17.4. The molecule has 0 aromatic heterocycles. The van der Waals surface area contributed by atoms with Gasteiger partial charge in [0.05, 0.1) is 0 Å². The van der Waals surface area contributed by atoms with Gasteiger partial charge in [-0.25, -0.2) is 30.3 Å². The SMILES string of the molecule is CN(C)S(=O)(=O)c1c(F)c(F)c(F)c(F)c1Cc1ccccc1. The van der Waals surface area contributed by atoms with E-state index in [0.717, 1.165) is 14.1 Å². The summed E-state index contributed by atoms with van der Waals surface area (Å²) in [7, 11) is -2.34.